The summed E-state index contributed by atoms with van der Waals surface area (Å²) in [6, 6.07) is 17.6. The number of fused-ring (bicyclic) bond motifs is 1. The minimum Gasteiger partial charge on any atom is -0.485 e. The van der Waals surface area contributed by atoms with Crippen molar-refractivity contribution in [3.05, 3.63) is 60.2 Å². The van der Waals surface area contributed by atoms with Crippen LogP contribution in [0.2, 0.25) is 0 Å². The summed E-state index contributed by atoms with van der Waals surface area (Å²) >= 11 is 0. The molecule has 1 amide bonds. The van der Waals surface area contributed by atoms with Crippen molar-refractivity contribution in [3.8, 4) is 11.5 Å². The maximum Gasteiger partial charge on any atom is 0.267 e. The number of carbonyl (C=O) groups is 1. The molecule has 27 heavy (non-hydrogen) atoms. The third-order valence-electron chi connectivity index (χ3n) is 5.08. The Morgan fingerprint density at radius 2 is 1.85 bits per heavy atom. The summed E-state index contributed by atoms with van der Waals surface area (Å²) in [5.74, 6) is 1.72. The molecule has 2 aromatic rings. The Morgan fingerprint density at radius 1 is 1.07 bits per heavy atom. The fourth-order valence-corrected chi connectivity index (χ4v) is 3.66. The van der Waals surface area contributed by atoms with Gasteiger partial charge in [-0.05, 0) is 36.5 Å². The summed E-state index contributed by atoms with van der Waals surface area (Å²) < 4.78 is 17.5. The van der Waals surface area contributed by atoms with Crippen LogP contribution in [0.5, 0.6) is 11.5 Å². The van der Waals surface area contributed by atoms with Gasteiger partial charge in [-0.1, -0.05) is 42.5 Å². The number of benzene rings is 2. The molecule has 2 aliphatic rings. The molecule has 2 atom stereocenters. The molecule has 4 rings (SSSR count). The van der Waals surface area contributed by atoms with Crippen LogP contribution in [0, 0.1) is 5.92 Å². The predicted octanol–water partition coefficient (Wildman–Crippen LogP) is 3.28. The van der Waals surface area contributed by atoms with Crippen LogP contribution >= 0.6 is 0 Å². The average Bonchev–Trinajstić information content (AvgIpc) is 2.74. The lowest BCUT2D eigenvalue weighted by Crippen LogP contribution is -2.50. The van der Waals surface area contributed by atoms with E-state index >= 15 is 0 Å². The minimum atomic E-state index is -0.566. The molecule has 0 bridgehead atoms. The van der Waals surface area contributed by atoms with Crippen LogP contribution in [-0.2, 0) is 16.1 Å². The van der Waals surface area contributed by atoms with E-state index in [-0.39, 0.29) is 12.5 Å². The number of carbonyl (C=O) groups excluding carboxylic acids is 1. The third-order valence-corrected chi connectivity index (χ3v) is 5.08. The van der Waals surface area contributed by atoms with E-state index in [1.165, 1.54) is 5.56 Å². The first-order valence-electron chi connectivity index (χ1n) is 9.58. The van der Waals surface area contributed by atoms with Crippen LogP contribution in [0.1, 0.15) is 18.4 Å². The maximum absolute atomic E-state index is 12.9. The molecule has 1 fully saturated rings. The number of ether oxygens (including phenoxy) is 3. The van der Waals surface area contributed by atoms with Crippen molar-refractivity contribution in [2.24, 2.45) is 5.92 Å². The van der Waals surface area contributed by atoms with E-state index in [2.05, 4.69) is 12.1 Å². The third kappa shape index (κ3) is 4.42. The van der Waals surface area contributed by atoms with Crippen LogP contribution in [-0.4, -0.2) is 43.2 Å². The van der Waals surface area contributed by atoms with Gasteiger partial charge in [0.25, 0.3) is 5.91 Å². The second-order valence-electron chi connectivity index (χ2n) is 7.16. The molecule has 0 unspecified atom stereocenters. The van der Waals surface area contributed by atoms with E-state index in [4.69, 9.17) is 14.2 Å². The van der Waals surface area contributed by atoms with Crippen molar-refractivity contribution >= 4 is 5.91 Å². The summed E-state index contributed by atoms with van der Waals surface area (Å²) in [6.07, 6.45) is 1.52. The molecule has 0 N–H and O–H groups in total. The zero-order chi connectivity index (χ0) is 18.5. The van der Waals surface area contributed by atoms with E-state index in [9.17, 15) is 4.79 Å². The molecule has 142 valence electrons. The van der Waals surface area contributed by atoms with Crippen molar-refractivity contribution < 1.29 is 19.0 Å². The normalized spacial score (nSPS) is 21.7. The predicted molar refractivity (Wildman–Crippen MR) is 102 cm³/mol. The monoisotopic (exact) mass is 367 g/mol. The number of hydrogen-bond donors (Lipinski definition) is 0. The van der Waals surface area contributed by atoms with Crippen molar-refractivity contribution in [1.82, 2.24) is 4.90 Å². The van der Waals surface area contributed by atoms with E-state index < -0.39 is 6.10 Å². The lowest BCUT2D eigenvalue weighted by Gasteiger charge is -2.36. The highest BCUT2D eigenvalue weighted by Gasteiger charge is 2.33. The molecule has 2 aliphatic heterocycles. The Hall–Kier alpha value is -2.53. The molecule has 2 heterocycles. The SMILES string of the molecule is O=C([C@H]1COc2ccccc2O1)N1CCC[C@@H](COCc2ccccc2)C1. The topological polar surface area (TPSA) is 48.0 Å². The molecular weight excluding hydrogens is 342 g/mol. The van der Waals surface area contributed by atoms with Gasteiger partial charge in [-0.2, -0.15) is 0 Å². The van der Waals surface area contributed by atoms with Gasteiger partial charge in [-0.25, -0.2) is 0 Å². The van der Waals surface area contributed by atoms with Crippen molar-refractivity contribution in [2.75, 3.05) is 26.3 Å². The van der Waals surface area contributed by atoms with Gasteiger partial charge in [-0.15, -0.1) is 0 Å². The zero-order valence-electron chi connectivity index (χ0n) is 15.4. The quantitative estimate of drug-likeness (QED) is 0.814. The summed E-state index contributed by atoms with van der Waals surface area (Å²) in [5, 5.41) is 0. The maximum atomic E-state index is 12.9. The number of piperidine rings is 1. The number of nitrogens with zero attached hydrogens (tertiary/aromatic N) is 1. The van der Waals surface area contributed by atoms with Crippen LogP contribution < -0.4 is 9.47 Å². The first-order valence-corrected chi connectivity index (χ1v) is 9.58. The van der Waals surface area contributed by atoms with Crippen LogP contribution in [0.3, 0.4) is 0 Å². The van der Waals surface area contributed by atoms with Gasteiger partial charge in [0.1, 0.15) is 6.61 Å². The Labute approximate surface area is 159 Å². The highest BCUT2D eigenvalue weighted by molar-refractivity contribution is 5.82. The van der Waals surface area contributed by atoms with Gasteiger partial charge in [0.15, 0.2) is 11.5 Å². The first kappa shape index (κ1) is 17.9. The summed E-state index contributed by atoms with van der Waals surface area (Å²) in [4.78, 5) is 14.8. The molecule has 2 aromatic carbocycles. The Morgan fingerprint density at radius 3 is 2.70 bits per heavy atom. The fraction of sp³-hybridized carbons (Fsp3) is 0.409. The van der Waals surface area contributed by atoms with E-state index in [0.717, 1.165) is 25.9 Å². The average molecular weight is 367 g/mol. The van der Waals surface area contributed by atoms with Crippen molar-refractivity contribution in [3.63, 3.8) is 0 Å². The van der Waals surface area contributed by atoms with Crippen molar-refractivity contribution in [1.29, 1.82) is 0 Å². The second-order valence-corrected chi connectivity index (χ2v) is 7.16. The fourth-order valence-electron chi connectivity index (χ4n) is 3.66. The Kier molecular flexibility index (Phi) is 5.58. The molecule has 0 saturated carbocycles. The zero-order valence-corrected chi connectivity index (χ0v) is 15.4. The molecule has 0 radical (unpaired) electrons. The standard InChI is InChI=1S/C22H25NO4/c24-22(21-16-26-19-10-4-5-11-20(19)27-21)23-12-6-9-18(13-23)15-25-14-17-7-2-1-3-8-17/h1-5,7-8,10-11,18,21H,6,9,12-16H2/t18-,21-/m1/s1. The van der Waals surface area contributed by atoms with Crippen LogP contribution in [0.25, 0.3) is 0 Å². The Bertz CT molecular complexity index is 764. The highest BCUT2D eigenvalue weighted by atomic mass is 16.6. The van der Waals surface area contributed by atoms with E-state index in [1.54, 1.807) is 0 Å². The molecule has 0 aromatic heterocycles. The van der Waals surface area contributed by atoms with E-state index in [0.29, 0.717) is 30.6 Å². The molecule has 1 saturated heterocycles. The second kappa shape index (κ2) is 8.44. The number of rotatable bonds is 5. The molecule has 5 heteroatoms. The van der Waals surface area contributed by atoms with Crippen LogP contribution in [0.4, 0.5) is 0 Å². The summed E-state index contributed by atoms with van der Waals surface area (Å²) in [6.45, 7) is 3.04. The number of amides is 1. The first-order chi connectivity index (χ1) is 13.3. The lowest BCUT2D eigenvalue weighted by atomic mass is 9.98. The highest BCUT2D eigenvalue weighted by Crippen LogP contribution is 2.31. The summed E-state index contributed by atoms with van der Waals surface area (Å²) in [7, 11) is 0. The van der Waals surface area contributed by atoms with Gasteiger partial charge in [0, 0.05) is 13.1 Å². The summed E-state index contributed by atoms with van der Waals surface area (Å²) in [5.41, 5.74) is 1.17. The number of para-hydroxylation sites is 2. The number of likely N-dealkylation sites (tertiary alicyclic amines) is 1. The minimum absolute atomic E-state index is 0.0114. The van der Waals surface area contributed by atoms with E-state index in [1.807, 2.05) is 47.4 Å². The van der Waals surface area contributed by atoms with Gasteiger partial charge in [0.05, 0.1) is 13.2 Å². The van der Waals surface area contributed by atoms with Gasteiger partial charge < -0.3 is 19.1 Å². The van der Waals surface area contributed by atoms with Crippen molar-refractivity contribution in [2.45, 2.75) is 25.6 Å². The molecular formula is C22H25NO4. The van der Waals surface area contributed by atoms with Gasteiger partial charge in [-0.3, -0.25) is 4.79 Å². The van der Waals surface area contributed by atoms with Crippen LogP contribution in [0.15, 0.2) is 54.6 Å². The van der Waals surface area contributed by atoms with Gasteiger partial charge in [0.2, 0.25) is 6.10 Å². The molecule has 5 nitrogen and oxygen atoms in total. The molecule has 0 aliphatic carbocycles. The Balaban J connectivity index is 1.28. The largest absolute Gasteiger partial charge is 0.485 e. The lowest BCUT2D eigenvalue weighted by molar-refractivity contribution is -0.143. The smallest absolute Gasteiger partial charge is 0.267 e. The van der Waals surface area contributed by atoms with Gasteiger partial charge >= 0.3 is 0 Å². The number of hydrogen-bond acceptors (Lipinski definition) is 4. The molecule has 0 spiro atoms.